The quantitative estimate of drug-likeness (QED) is 0.495. The molecule has 2 unspecified atom stereocenters. The van der Waals surface area contributed by atoms with Gasteiger partial charge in [-0.1, -0.05) is 52.0 Å². The molecule has 0 amide bonds. The average Bonchev–Trinajstić information content (AvgIpc) is 2.62. The van der Waals surface area contributed by atoms with E-state index in [2.05, 4.69) is 87.0 Å². The van der Waals surface area contributed by atoms with Crippen LogP contribution in [0.15, 0.2) is 60.3 Å². The zero-order valence-electron chi connectivity index (χ0n) is 16.0. The Kier molecular flexibility index (Phi) is 4.06. The first-order valence-electron chi connectivity index (χ1n) is 9.75. The summed E-state index contributed by atoms with van der Waals surface area (Å²) in [5.41, 5.74) is 6.29. The van der Waals surface area contributed by atoms with Crippen LogP contribution in [0.4, 0.5) is 0 Å². The number of aromatic nitrogens is 1. The number of rotatable bonds is 4. The van der Waals surface area contributed by atoms with E-state index in [4.69, 9.17) is 0 Å². The van der Waals surface area contributed by atoms with Gasteiger partial charge in [-0.2, -0.15) is 4.57 Å². The van der Waals surface area contributed by atoms with Crippen molar-refractivity contribution in [3.63, 3.8) is 0 Å². The van der Waals surface area contributed by atoms with Gasteiger partial charge in [-0.15, -0.1) is 0 Å². The molecular formula is C24H30N+. The van der Waals surface area contributed by atoms with E-state index >= 15 is 0 Å². The Balaban J connectivity index is 1.71. The van der Waals surface area contributed by atoms with Gasteiger partial charge in [0.15, 0.2) is 12.7 Å². The Morgan fingerprint density at radius 3 is 2.56 bits per heavy atom. The average molecular weight is 333 g/mol. The van der Waals surface area contributed by atoms with E-state index in [9.17, 15) is 0 Å². The molecule has 3 aliphatic rings. The highest BCUT2D eigenvalue weighted by atomic mass is 15.0. The molecule has 5 rings (SSSR count). The number of nitrogens with zero attached hydrogens (tertiary/aromatic N) is 1. The van der Waals surface area contributed by atoms with Gasteiger partial charge >= 0.3 is 0 Å². The third-order valence-corrected chi connectivity index (χ3v) is 6.73. The molecule has 3 aliphatic carbocycles. The summed E-state index contributed by atoms with van der Waals surface area (Å²) in [6.45, 7) is 10.5. The minimum atomic E-state index is 0.495. The van der Waals surface area contributed by atoms with Crippen LogP contribution in [0.2, 0.25) is 0 Å². The number of allylic oxidation sites excluding steroid dienone is 2. The molecule has 1 heteroatoms. The van der Waals surface area contributed by atoms with Crippen molar-refractivity contribution in [2.45, 2.75) is 53.0 Å². The number of benzene rings is 1. The molecule has 1 aromatic carbocycles. The lowest BCUT2D eigenvalue weighted by atomic mass is 9.49. The van der Waals surface area contributed by atoms with Crippen molar-refractivity contribution >= 4 is 0 Å². The third-order valence-electron chi connectivity index (χ3n) is 6.73. The molecule has 2 bridgehead atoms. The van der Waals surface area contributed by atoms with Crippen LogP contribution in [0.3, 0.4) is 0 Å². The predicted molar refractivity (Wildman–Crippen MR) is 104 cm³/mol. The Morgan fingerprint density at radius 2 is 1.84 bits per heavy atom. The van der Waals surface area contributed by atoms with Crippen LogP contribution >= 0.6 is 0 Å². The summed E-state index contributed by atoms with van der Waals surface area (Å²) in [4.78, 5) is 0. The molecular weight excluding hydrogens is 302 g/mol. The second-order valence-electron chi connectivity index (χ2n) is 8.78. The summed E-state index contributed by atoms with van der Waals surface area (Å²) >= 11 is 0. The fourth-order valence-corrected chi connectivity index (χ4v) is 4.94. The van der Waals surface area contributed by atoms with Crippen LogP contribution in [-0.2, 0) is 6.54 Å². The molecule has 2 atom stereocenters. The highest BCUT2D eigenvalue weighted by molar-refractivity contribution is 5.61. The molecule has 0 saturated heterocycles. The number of pyridine rings is 1. The second kappa shape index (κ2) is 6.12. The predicted octanol–water partition coefficient (Wildman–Crippen LogP) is 5.76. The lowest BCUT2D eigenvalue weighted by Gasteiger charge is -2.55. The van der Waals surface area contributed by atoms with Crippen molar-refractivity contribution in [1.82, 2.24) is 0 Å². The maximum Gasteiger partial charge on any atom is 0.213 e. The minimum Gasteiger partial charge on any atom is -0.194 e. The molecule has 0 aliphatic heterocycles. The van der Waals surface area contributed by atoms with Gasteiger partial charge < -0.3 is 0 Å². The third kappa shape index (κ3) is 2.74. The zero-order chi connectivity index (χ0) is 17.6. The number of hydrogen-bond acceptors (Lipinski definition) is 0. The Morgan fingerprint density at radius 1 is 1.08 bits per heavy atom. The Bertz CT molecular complexity index is 812. The summed E-state index contributed by atoms with van der Waals surface area (Å²) < 4.78 is 2.46. The summed E-state index contributed by atoms with van der Waals surface area (Å²) in [5, 5.41) is 0. The van der Waals surface area contributed by atoms with Crippen LogP contribution in [0.1, 0.15) is 52.0 Å². The molecule has 1 nitrogen and oxygen atoms in total. The van der Waals surface area contributed by atoms with Gasteiger partial charge in [0.25, 0.3) is 0 Å². The van der Waals surface area contributed by atoms with Gasteiger partial charge in [-0.25, -0.2) is 0 Å². The monoisotopic (exact) mass is 332 g/mol. The van der Waals surface area contributed by atoms with Crippen molar-refractivity contribution in [2.24, 2.45) is 17.3 Å². The molecule has 0 radical (unpaired) electrons. The van der Waals surface area contributed by atoms with Crippen molar-refractivity contribution < 1.29 is 4.57 Å². The minimum absolute atomic E-state index is 0.495. The van der Waals surface area contributed by atoms with Crippen LogP contribution < -0.4 is 4.57 Å². The SMILES string of the molecule is CC(C)c1ccccc1-c1cccc[n+]1CC1=CCC2CC1C2(C)C. The van der Waals surface area contributed by atoms with E-state index in [-0.39, 0.29) is 0 Å². The topological polar surface area (TPSA) is 3.88 Å². The van der Waals surface area contributed by atoms with E-state index in [1.165, 1.54) is 29.7 Å². The van der Waals surface area contributed by atoms with Gasteiger partial charge in [-0.3, -0.25) is 0 Å². The lowest BCUT2D eigenvalue weighted by molar-refractivity contribution is -0.679. The summed E-state index contributed by atoms with van der Waals surface area (Å²) in [7, 11) is 0. The molecule has 2 aromatic rings. The van der Waals surface area contributed by atoms with Gasteiger partial charge in [-0.05, 0) is 59.3 Å². The van der Waals surface area contributed by atoms with Crippen molar-refractivity contribution in [2.75, 3.05) is 0 Å². The van der Waals surface area contributed by atoms with Crippen LogP contribution in [0.25, 0.3) is 11.3 Å². The molecule has 130 valence electrons. The lowest BCUT2D eigenvalue weighted by Crippen LogP contribution is -2.51. The molecule has 1 heterocycles. The van der Waals surface area contributed by atoms with Crippen LogP contribution in [0.5, 0.6) is 0 Å². The van der Waals surface area contributed by atoms with E-state index in [1.807, 2.05) is 0 Å². The smallest absolute Gasteiger partial charge is 0.194 e. The van der Waals surface area contributed by atoms with E-state index in [0.717, 1.165) is 18.4 Å². The number of hydrogen-bond donors (Lipinski definition) is 0. The van der Waals surface area contributed by atoms with Crippen LogP contribution in [0, 0.1) is 17.3 Å². The first-order valence-corrected chi connectivity index (χ1v) is 9.75. The fraction of sp³-hybridized carbons (Fsp3) is 0.458. The van der Waals surface area contributed by atoms with E-state index in [0.29, 0.717) is 11.3 Å². The molecule has 25 heavy (non-hydrogen) atoms. The highest BCUT2D eigenvalue weighted by Crippen LogP contribution is 2.59. The maximum absolute atomic E-state index is 2.53. The summed E-state index contributed by atoms with van der Waals surface area (Å²) in [6, 6.07) is 15.5. The normalized spacial score (nSPS) is 24.0. The number of fused-ring (bicyclic) bond motifs is 1. The van der Waals surface area contributed by atoms with E-state index in [1.54, 1.807) is 5.57 Å². The zero-order valence-corrected chi connectivity index (χ0v) is 16.0. The molecule has 0 N–H and O–H groups in total. The van der Waals surface area contributed by atoms with Gasteiger partial charge in [0.1, 0.15) is 0 Å². The fourth-order valence-electron chi connectivity index (χ4n) is 4.94. The van der Waals surface area contributed by atoms with Gasteiger partial charge in [0.05, 0.1) is 0 Å². The van der Waals surface area contributed by atoms with Crippen LogP contribution in [-0.4, -0.2) is 0 Å². The van der Waals surface area contributed by atoms with Crippen molar-refractivity contribution in [3.8, 4) is 11.3 Å². The standard InChI is InChI=1S/C24H30N/c1-17(2)20-9-5-6-10-21(20)23-11-7-8-14-25(23)16-18-12-13-19-15-22(18)24(19,3)4/h5-12,14,17,19,22H,13,15-16H2,1-4H3/q+1. The van der Waals surface area contributed by atoms with Gasteiger partial charge in [0, 0.05) is 17.7 Å². The van der Waals surface area contributed by atoms with Gasteiger partial charge in [0.2, 0.25) is 5.69 Å². The Labute approximate surface area is 152 Å². The molecule has 1 saturated carbocycles. The van der Waals surface area contributed by atoms with Crippen molar-refractivity contribution in [3.05, 3.63) is 65.9 Å². The van der Waals surface area contributed by atoms with E-state index < -0.39 is 0 Å². The van der Waals surface area contributed by atoms with Crippen molar-refractivity contribution in [1.29, 1.82) is 0 Å². The molecule has 0 spiro atoms. The second-order valence-corrected chi connectivity index (χ2v) is 8.78. The summed E-state index contributed by atoms with van der Waals surface area (Å²) in [5.74, 6) is 2.21. The highest BCUT2D eigenvalue weighted by Gasteiger charge is 2.51. The first-order chi connectivity index (χ1) is 12.0. The molecule has 1 fully saturated rings. The maximum atomic E-state index is 2.53. The Hall–Kier alpha value is -1.89. The summed E-state index contributed by atoms with van der Waals surface area (Å²) in [6.07, 6.45) is 7.45. The molecule has 1 aromatic heterocycles. The largest absolute Gasteiger partial charge is 0.213 e. The first kappa shape index (κ1) is 16.6.